The van der Waals surface area contributed by atoms with E-state index in [0.29, 0.717) is 22.2 Å². The number of rotatable bonds is 7. The van der Waals surface area contributed by atoms with Gasteiger partial charge in [-0.25, -0.2) is 17.5 Å². The maximum Gasteiger partial charge on any atom is 0.305 e. The lowest BCUT2D eigenvalue weighted by molar-refractivity contribution is 0.560. The molecule has 0 aliphatic heterocycles. The molecule has 0 spiro atoms. The Hall–Kier alpha value is -2.81. The van der Waals surface area contributed by atoms with E-state index in [0.717, 1.165) is 16.9 Å². The van der Waals surface area contributed by atoms with Gasteiger partial charge in [0.1, 0.15) is 5.82 Å². The Morgan fingerprint density at radius 2 is 1.73 bits per heavy atom. The first kappa shape index (κ1) is 20.5. The first-order chi connectivity index (χ1) is 14.4. The third-order valence-electron chi connectivity index (χ3n) is 4.92. The van der Waals surface area contributed by atoms with Crippen LogP contribution in [0.3, 0.4) is 0 Å². The largest absolute Gasteiger partial charge is 0.312 e. The fourth-order valence-electron chi connectivity index (χ4n) is 3.35. The van der Waals surface area contributed by atoms with Crippen LogP contribution in [0.15, 0.2) is 82.5 Å². The number of halogens is 1. The van der Waals surface area contributed by atoms with Gasteiger partial charge in [0.25, 0.3) is 0 Å². The zero-order valence-corrected chi connectivity index (χ0v) is 17.5. The van der Waals surface area contributed by atoms with E-state index in [4.69, 9.17) is 0 Å². The van der Waals surface area contributed by atoms with Gasteiger partial charge in [0, 0.05) is 12.5 Å². The normalized spacial score (nSPS) is 12.8. The van der Waals surface area contributed by atoms with Gasteiger partial charge < -0.3 is 4.98 Å². The minimum atomic E-state index is -3.80. The smallest absolute Gasteiger partial charge is 0.305 e. The summed E-state index contributed by atoms with van der Waals surface area (Å²) in [6.45, 7) is 0.113. The summed E-state index contributed by atoms with van der Waals surface area (Å²) < 4.78 is 43.2. The van der Waals surface area contributed by atoms with E-state index < -0.39 is 10.0 Å². The van der Waals surface area contributed by atoms with Crippen molar-refractivity contribution in [2.24, 2.45) is 0 Å². The number of sulfonamides is 1. The van der Waals surface area contributed by atoms with Crippen LogP contribution in [0.1, 0.15) is 17.0 Å². The van der Waals surface area contributed by atoms with Crippen molar-refractivity contribution < 1.29 is 12.8 Å². The van der Waals surface area contributed by atoms with Crippen LogP contribution in [0.2, 0.25) is 0 Å². The first-order valence-corrected chi connectivity index (χ1v) is 11.6. The maximum atomic E-state index is 14.2. The van der Waals surface area contributed by atoms with E-state index in [-0.39, 0.29) is 28.0 Å². The molecule has 154 valence electrons. The van der Waals surface area contributed by atoms with Crippen LogP contribution in [0.25, 0.3) is 10.2 Å². The summed E-state index contributed by atoms with van der Waals surface area (Å²) in [7, 11) is -3.80. The number of thiazole rings is 1. The highest BCUT2D eigenvalue weighted by atomic mass is 32.2. The summed E-state index contributed by atoms with van der Waals surface area (Å²) in [6.07, 6.45) is 0.359. The lowest BCUT2D eigenvalue weighted by atomic mass is 9.92. The molecule has 0 bridgehead atoms. The second-order valence-corrected chi connectivity index (χ2v) is 9.71. The fraction of sp³-hybridized carbons (Fsp3) is 0.136. The lowest BCUT2D eigenvalue weighted by Crippen LogP contribution is -2.29. The van der Waals surface area contributed by atoms with Crippen LogP contribution in [0.5, 0.6) is 0 Å². The molecule has 4 aromatic rings. The van der Waals surface area contributed by atoms with Crippen molar-refractivity contribution in [3.8, 4) is 0 Å². The highest BCUT2D eigenvalue weighted by molar-refractivity contribution is 7.89. The molecule has 0 aliphatic rings. The van der Waals surface area contributed by atoms with Gasteiger partial charge in [-0.1, -0.05) is 59.9 Å². The molecule has 8 heteroatoms. The Kier molecular flexibility index (Phi) is 5.80. The first-order valence-electron chi connectivity index (χ1n) is 9.33. The van der Waals surface area contributed by atoms with Gasteiger partial charge in [-0.2, -0.15) is 0 Å². The van der Waals surface area contributed by atoms with Gasteiger partial charge in [-0.3, -0.25) is 4.79 Å². The Morgan fingerprint density at radius 3 is 2.50 bits per heavy atom. The Morgan fingerprint density at radius 1 is 1.00 bits per heavy atom. The van der Waals surface area contributed by atoms with Gasteiger partial charge in [-0.05, 0) is 41.8 Å². The minimum absolute atomic E-state index is 0.0861. The van der Waals surface area contributed by atoms with Crippen molar-refractivity contribution in [2.75, 3.05) is 6.54 Å². The summed E-state index contributed by atoms with van der Waals surface area (Å²) in [5.41, 5.74) is 2.05. The maximum absolute atomic E-state index is 14.2. The topological polar surface area (TPSA) is 79.0 Å². The van der Waals surface area contributed by atoms with Gasteiger partial charge in [0.05, 0.1) is 15.1 Å². The van der Waals surface area contributed by atoms with E-state index in [1.807, 2.05) is 30.3 Å². The molecule has 0 saturated carbocycles. The van der Waals surface area contributed by atoms with E-state index in [1.54, 1.807) is 24.3 Å². The average Bonchev–Trinajstić information content (AvgIpc) is 3.12. The number of aromatic nitrogens is 1. The molecule has 0 saturated heterocycles. The summed E-state index contributed by atoms with van der Waals surface area (Å²) in [5, 5.41) is 0. The van der Waals surface area contributed by atoms with Crippen LogP contribution in [-0.4, -0.2) is 19.9 Å². The Bertz CT molecular complexity index is 1330. The van der Waals surface area contributed by atoms with Gasteiger partial charge >= 0.3 is 4.87 Å². The molecular weight excluding hydrogens is 423 g/mol. The van der Waals surface area contributed by atoms with Crippen LogP contribution < -0.4 is 9.60 Å². The summed E-state index contributed by atoms with van der Waals surface area (Å²) >= 11 is 0.962. The molecule has 0 aliphatic carbocycles. The van der Waals surface area contributed by atoms with Crippen molar-refractivity contribution in [2.45, 2.75) is 17.2 Å². The zero-order chi connectivity index (χ0) is 21.1. The lowest BCUT2D eigenvalue weighted by Gasteiger charge is -2.19. The summed E-state index contributed by atoms with van der Waals surface area (Å²) in [4.78, 5) is 14.0. The molecule has 30 heavy (non-hydrogen) atoms. The molecule has 1 aromatic heterocycles. The number of aromatic amines is 1. The Labute approximate surface area is 177 Å². The second-order valence-electron chi connectivity index (χ2n) is 6.93. The number of fused-ring (bicyclic) bond motifs is 1. The molecule has 1 atom stereocenters. The minimum Gasteiger partial charge on any atom is -0.312 e. The molecule has 0 fully saturated rings. The third kappa shape index (κ3) is 4.51. The zero-order valence-electron chi connectivity index (χ0n) is 15.8. The fourth-order valence-corrected chi connectivity index (χ4v) is 5.31. The standard InChI is InChI=1S/C22H19FN2O3S2/c23-19-9-5-4-8-16(19)12-17(15-6-2-1-3-7-15)14-24-30(27,28)18-10-11-20-21(13-18)29-22(26)25-20/h1-11,13,17,24H,12,14H2,(H,25,26)/t17-/m1/s1. The molecule has 0 radical (unpaired) electrons. The van der Waals surface area contributed by atoms with E-state index in [2.05, 4.69) is 9.71 Å². The van der Waals surface area contributed by atoms with Crippen molar-refractivity contribution >= 4 is 31.6 Å². The quantitative estimate of drug-likeness (QED) is 0.454. The highest BCUT2D eigenvalue weighted by Crippen LogP contribution is 2.24. The average molecular weight is 443 g/mol. The molecular formula is C22H19FN2O3S2. The molecule has 1 heterocycles. The third-order valence-corrected chi connectivity index (χ3v) is 7.18. The second kappa shape index (κ2) is 8.51. The molecule has 5 nitrogen and oxygen atoms in total. The van der Waals surface area contributed by atoms with Crippen LogP contribution in [0.4, 0.5) is 4.39 Å². The summed E-state index contributed by atoms with van der Waals surface area (Å²) in [5.74, 6) is -0.556. The van der Waals surface area contributed by atoms with Crippen molar-refractivity contribution in [3.05, 3.63) is 99.4 Å². The molecule has 3 aromatic carbocycles. The highest BCUT2D eigenvalue weighted by Gasteiger charge is 2.20. The van der Waals surface area contributed by atoms with Crippen LogP contribution in [-0.2, 0) is 16.4 Å². The predicted octanol–water partition coefficient (Wildman–Crippen LogP) is 4.03. The molecule has 0 unspecified atom stereocenters. The van der Waals surface area contributed by atoms with E-state index in [1.165, 1.54) is 18.2 Å². The number of hydrogen-bond donors (Lipinski definition) is 2. The number of hydrogen-bond acceptors (Lipinski definition) is 4. The monoisotopic (exact) mass is 442 g/mol. The molecule has 0 amide bonds. The number of benzene rings is 3. The van der Waals surface area contributed by atoms with Crippen molar-refractivity contribution in [1.29, 1.82) is 0 Å². The van der Waals surface area contributed by atoms with Gasteiger partial charge in [0.2, 0.25) is 10.0 Å². The summed E-state index contributed by atoms with van der Waals surface area (Å²) in [6, 6.07) is 20.5. The van der Waals surface area contributed by atoms with Crippen LogP contribution in [0, 0.1) is 5.82 Å². The van der Waals surface area contributed by atoms with E-state index >= 15 is 0 Å². The van der Waals surface area contributed by atoms with Gasteiger partial charge in [0.15, 0.2) is 0 Å². The predicted molar refractivity (Wildman–Crippen MR) is 117 cm³/mol. The Balaban J connectivity index is 1.59. The SMILES string of the molecule is O=c1[nH]c2ccc(S(=O)(=O)NC[C@@H](Cc3ccccc3F)c3ccccc3)cc2s1. The molecule has 2 N–H and O–H groups in total. The van der Waals surface area contributed by atoms with Crippen molar-refractivity contribution in [1.82, 2.24) is 9.71 Å². The van der Waals surface area contributed by atoms with E-state index in [9.17, 15) is 17.6 Å². The van der Waals surface area contributed by atoms with Crippen LogP contribution >= 0.6 is 11.3 Å². The number of H-pyrrole nitrogens is 1. The van der Waals surface area contributed by atoms with Crippen molar-refractivity contribution in [3.63, 3.8) is 0 Å². The van der Waals surface area contributed by atoms with Gasteiger partial charge in [-0.15, -0.1) is 0 Å². The molecule has 4 rings (SSSR count). The number of nitrogens with one attached hydrogen (secondary N) is 2.